The van der Waals surface area contributed by atoms with E-state index in [1.165, 1.54) is 19.2 Å². The standard InChI is InChI=1S/C15H21FN2O2/c1-10-5-12(16)7-13(6-10)17-15(14(19)20-4)8-11(2)18(3)9-15/h5-7,11,17H,8-9H2,1-4H3. The zero-order chi connectivity index (χ0) is 14.9. The van der Waals surface area contributed by atoms with Crippen LogP contribution in [0.1, 0.15) is 18.9 Å². The number of ether oxygens (including phenoxy) is 1. The Morgan fingerprint density at radius 2 is 2.20 bits per heavy atom. The van der Waals surface area contributed by atoms with Gasteiger partial charge in [-0.15, -0.1) is 0 Å². The van der Waals surface area contributed by atoms with Crippen LogP contribution < -0.4 is 5.32 Å². The van der Waals surface area contributed by atoms with Crippen LogP contribution in [0.4, 0.5) is 10.1 Å². The molecule has 1 saturated heterocycles. The van der Waals surface area contributed by atoms with E-state index in [2.05, 4.69) is 17.1 Å². The van der Waals surface area contributed by atoms with Crippen LogP contribution in [0.25, 0.3) is 0 Å². The minimum Gasteiger partial charge on any atom is -0.467 e. The molecular weight excluding hydrogens is 259 g/mol. The SMILES string of the molecule is COC(=O)C1(Nc2cc(C)cc(F)c2)CC(C)N(C)C1. The van der Waals surface area contributed by atoms with Crippen LogP contribution in [-0.4, -0.2) is 43.2 Å². The summed E-state index contributed by atoms with van der Waals surface area (Å²) in [5.41, 5.74) is 0.602. The maximum atomic E-state index is 13.5. The predicted octanol–water partition coefficient (Wildman–Crippen LogP) is 2.18. The fraction of sp³-hybridized carbons (Fsp3) is 0.533. The second kappa shape index (κ2) is 5.40. The number of hydrogen-bond donors (Lipinski definition) is 1. The number of esters is 1. The van der Waals surface area contributed by atoms with Crippen molar-refractivity contribution in [2.75, 3.05) is 26.0 Å². The van der Waals surface area contributed by atoms with Crippen LogP contribution in [-0.2, 0) is 9.53 Å². The van der Waals surface area contributed by atoms with Crippen molar-refractivity contribution in [1.82, 2.24) is 4.90 Å². The molecule has 2 atom stereocenters. The van der Waals surface area contributed by atoms with Gasteiger partial charge < -0.3 is 15.0 Å². The summed E-state index contributed by atoms with van der Waals surface area (Å²) < 4.78 is 18.4. The Hall–Kier alpha value is -1.62. The van der Waals surface area contributed by atoms with Crippen LogP contribution in [0.5, 0.6) is 0 Å². The van der Waals surface area contributed by atoms with Gasteiger partial charge in [-0.1, -0.05) is 0 Å². The highest BCUT2D eigenvalue weighted by atomic mass is 19.1. The van der Waals surface area contributed by atoms with Gasteiger partial charge in [-0.05, 0) is 51.1 Å². The molecule has 0 radical (unpaired) electrons. The lowest BCUT2D eigenvalue weighted by atomic mass is 9.95. The summed E-state index contributed by atoms with van der Waals surface area (Å²) >= 11 is 0. The summed E-state index contributed by atoms with van der Waals surface area (Å²) in [4.78, 5) is 14.3. The van der Waals surface area contributed by atoms with Crippen molar-refractivity contribution in [3.8, 4) is 0 Å². The Bertz CT molecular complexity index is 488. The molecule has 1 fully saturated rings. The van der Waals surface area contributed by atoms with Crippen LogP contribution in [0.2, 0.25) is 0 Å². The van der Waals surface area contributed by atoms with E-state index in [1.54, 1.807) is 0 Å². The number of rotatable bonds is 3. The first-order chi connectivity index (χ1) is 9.36. The van der Waals surface area contributed by atoms with Gasteiger partial charge in [0.25, 0.3) is 0 Å². The monoisotopic (exact) mass is 280 g/mol. The van der Waals surface area contributed by atoms with Gasteiger partial charge in [-0.25, -0.2) is 9.18 Å². The number of hydrogen-bond acceptors (Lipinski definition) is 4. The van der Waals surface area contributed by atoms with Crippen LogP contribution in [0.3, 0.4) is 0 Å². The van der Waals surface area contributed by atoms with Crippen molar-refractivity contribution in [1.29, 1.82) is 0 Å². The van der Waals surface area contributed by atoms with Crippen LogP contribution in [0.15, 0.2) is 18.2 Å². The van der Waals surface area contributed by atoms with Crippen LogP contribution >= 0.6 is 0 Å². The van der Waals surface area contributed by atoms with E-state index in [-0.39, 0.29) is 17.8 Å². The highest BCUT2D eigenvalue weighted by molar-refractivity contribution is 5.85. The molecule has 2 unspecified atom stereocenters. The molecule has 110 valence electrons. The minimum absolute atomic E-state index is 0.260. The van der Waals surface area contributed by atoms with Crippen molar-refractivity contribution < 1.29 is 13.9 Å². The number of nitrogens with zero attached hydrogens (tertiary/aromatic N) is 1. The number of halogens is 1. The van der Waals surface area contributed by atoms with E-state index in [0.717, 1.165) is 5.56 Å². The molecule has 1 aliphatic rings. The van der Waals surface area contributed by atoms with Gasteiger partial charge in [0.2, 0.25) is 0 Å². The van der Waals surface area contributed by atoms with Crippen molar-refractivity contribution in [3.63, 3.8) is 0 Å². The van der Waals surface area contributed by atoms with E-state index < -0.39 is 5.54 Å². The molecule has 0 bridgehead atoms. The van der Waals surface area contributed by atoms with Crippen molar-refractivity contribution in [2.24, 2.45) is 0 Å². The fourth-order valence-corrected chi connectivity index (χ4v) is 2.88. The Labute approximate surface area is 118 Å². The zero-order valence-corrected chi connectivity index (χ0v) is 12.4. The minimum atomic E-state index is -0.816. The smallest absolute Gasteiger partial charge is 0.332 e. The van der Waals surface area contributed by atoms with Gasteiger partial charge in [0, 0.05) is 18.3 Å². The number of nitrogens with one attached hydrogen (secondary N) is 1. The predicted molar refractivity (Wildman–Crippen MR) is 76.2 cm³/mol. The molecule has 2 rings (SSSR count). The van der Waals surface area contributed by atoms with Gasteiger partial charge in [0.15, 0.2) is 0 Å². The third kappa shape index (κ3) is 2.77. The molecule has 1 aromatic rings. The lowest BCUT2D eigenvalue weighted by Crippen LogP contribution is -2.49. The lowest BCUT2D eigenvalue weighted by molar-refractivity contribution is -0.145. The summed E-state index contributed by atoms with van der Waals surface area (Å²) in [7, 11) is 3.35. The first-order valence-corrected chi connectivity index (χ1v) is 6.70. The fourth-order valence-electron chi connectivity index (χ4n) is 2.88. The van der Waals surface area contributed by atoms with E-state index >= 15 is 0 Å². The first-order valence-electron chi connectivity index (χ1n) is 6.70. The van der Waals surface area contributed by atoms with Gasteiger partial charge >= 0.3 is 5.97 Å². The summed E-state index contributed by atoms with van der Waals surface area (Å²) in [5.74, 6) is -0.623. The maximum absolute atomic E-state index is 13.5. The topological polar surface area (TPSA) is 41.6 Å². The molecule has 1 heterocycles. The van der Waals surface area contributed by atoms with Crippen molar-refractivity contribution >= 4 is 11.7 Å². The second-order valence-corrected chi connectivity index (χ2v) is 5.68. The third-order valence-corrected chi connectivity index (χ3v) is 3.92. The molecule has 20 heavy (non-hydrogen) atoms. The number of benzene rings is 1. The molecule has 4 nitrogen and oxygen atoms in total. The molecule has 5 heteroatoms. The molecule has 0 amide bonds. The highest BCUT2D eigenvalue weighted by Gasteiger charge is 2.47. The number of methoxy groups -OCH3 is 1. The van der Waals surface area contributed by atoms with E-state index in [9.17, 15) is 9.18 Å². The average molecular weight is 280 g/mol. The number of carbonyl (C=O) groups is 1. The number of anilines is 1. The third-order valence-electron chi connectivity index (χ3n) is 3.92. The van der Waals surface area contributed by atoms with E-state index in [0.29, 0.717) is 18.7 Å². The summed E-state index contributed by atoms with van der Waals surface area (Å²) in [5, 5.41) is 3.19. The Morgan fingerprint density at radius 3 is 2.70 bits per heavy atom. The van der Waals surface area contributed by atoms with Gasteiger partial charge in [-0.3, -0.25) is 0 Å². The molecular formula is C15H21FN2O2. The number of aryl methyl sites for hydroxylation is 1. The van der Waals surface area contributed by atoms with E-state index in [4.69, 9.17) is 4.74 Å². The number of likely N-dealkylation sites (tertiary alicyclic amines) is 1. The Morgan fingerprint density at radius 1 is 1.50 bits per heavy atom. The number of likely N-dealkylation sites (N-methyl/N-ethyl adjacent to an activating group) is 1. The molecule has 1 N–H and O–H groups in total. The average Bonchev–Trinajstić information content (AvgIpc) is 2.63. The Balaban J connectivity index is 2.32. The summed E-state index contributed by atoms with van der Waals surface area (Å²) in [6.45, 7) is 4.42. The summed E-state index contributed by atoms with van der Waals surface area (Å²) in [6, 6.07) is 4.95. The molecule has 1 aromatic carbocycles. The van der Waals surface area contributed by atoms with Crippen LogP contribution in [0, 0.1) is 12.7 Å². The molecule has 0 aromatic heterocycles. The van der Waals surface area contributed by atoms with Crippen molar-refractivity contribution in [2.45, 2.75) is 31.8 Å². The quantitative estimate of drug-likeness (QED) is 0.862. The van der Waals surface area contributed by atoms with Gasteiger partial charge in [0.1, 0.15) is 11.4 Å². The second-order valence-electron chi connectivity index (χ2n) is 5.68. The highest BCUT2D eigenvalue weighted by Crippen LogP contribution is 2.31. The largest absolute Gasteiger partial charge is 0.467 e. The van der Waals surface area contributed by atoms with Gasteiger partial charge in [0.05, 0.1) is 7.11 Å². The molecule has 0 aliphatic carbocycles. The van der Waals surface area contributed by atoms with Gasteiger partial charge in [-0.2, -0.15) is 0 Å². The number of carbonyl (C=O) groups excluding carboxylic acids is 1. The summed E-state index contributed by atoms with van der Waals surface area (Å²) in [6.07, 6.45) is 0.631. The molecule has 0 spiro atoms. The maximum Gasteiger partial charge on any atom is 0.332 e. The van der Waals surface area contributed by atoms with E-state index in [1.807, 2.05) is 20.0 Å². The lowest BCUT2D eigenvalue weighted by Gasteiger charge is -2.28. The zero-order valence-electron chi connectivity index (χ0n) is 12.4. The first kappa shape index (κ1) is 14.8. The van der Waals surface area contributed by atoms with Crippen molar-refractivity contribution in [3.05, 3.63) is 29.6 Å². The Kier molecular flexibility index (Phi) is 3.99. The molecule has 0 saturated carbocycles. The molecule has 1 aliphatic heterocycles. The normalized spacial score (nSPS) is 26.6.